The third kappa shape index (κ3) is 3.26. The minimum atomic E-state index is -0.304. The third-order valence-corrected chi connectivity index (χ3v) is 3.89. The molecule has 1 heterocycles. The standard InChI is InChI=1S/C17H19N3O2/c18-16-9-10-20(17(21)19-16)15-8-4-7-14(15)12-22-11-13-5-2-1-3-6-13/h1-7,9-10,14-15H,8,11-12H2,(H2,18,19,21)/t14-,15-/m0/s1. The molecule has 0 radical (unpaired) electrons. The van der Waals surface area contributed by atoms with Crippen LogP contribution in [0.2, 0.25) is 0 Å². The number of rotatable bonds is 5. The molecule has 1 aliphatic carbocycles. The summed E-state index contributed by atoms with van der Waals surface area (Å²) in [6.07, 6.45) is 6.72. The monoisotopic (exact) mass is 297 g/mol. The van der Waals surface area contributed by atoms with Gasteiger partial charge in [0, 0.05) is 12.1 Å². The first-order valence-electron chi connectivity index (χ1n) is 7.37. The lowest BCUT2D eigenvalue weighted by Crippen LogP contribution is -2.30. The summed E-state index contributed by atoms with van der Waals surface area (Å²) in [6.45, 7) is 1.15. The molecule has 0 spiro atoms. The molecule has 0 bridgehead atoms. The number of nitrogens with two attached hydrogens (primary N) is 1. The van der Waals surface area contributed by atoms with E-state index in [9.17, 15) is 4.79 Å². The maximum absolute atomic E-state index is 12.0. The van der Waals surface area contributed by atoms with Gasteiger partial charge in [-0.05, 0) is 18.1 Å². The summed E-state index contributed by atoms with van der Waals surface area (Å²) in [4.78, 5) is 15.8. The van der Waals surface area contributed by atoms with Crippen molar-refractivity contribution in [3.8, 4) is 0 Å². The van der Waals surface area contributed by atoms with E-state index in [1.54, 1.807) is 16.8 Å². The first kappa shape index (κ1) is 14.5. The fourth-order valence-corrected chi connectivity index (χ4v) is 2.75. The lowest BCUT2D eigenvalue weighted by molar-refractivity contribution is 0.0863. The van der Waals surface area contributed by atoms with Gasteiger partial charge in [0.25, 0.3) is 0 Å². The van der Waals surface area contributed by atoms with Crippen LogP contribution in [0.4, 0.5) is 5.82 Å². The van der Waals surface area contributed by atoms with E-state index in [-0.39, 0.29) is 23.5 Å². The number of anilines is 1. The van der Waals surface area contributed by atoms with Gasteiger partial charge >= 0.3 is 5.69 Å². The fraction of sp³-hybridized carbons (Fsp3) is 0.294. The van der Waals surface area contributed by atoms with Crippen molar-refractivity contribution in [2.75, 3.05) is 12.3 Å². The zero-order chi connectivity index (χ0) is 15.4. The van der Waals surface area contributed by atoms with Gasteiger partial charge in [0.05, 0.1) is 19.3 Å². The number of ether oxygens (including phenoxy) is 1. The second-order valence-corrected chi connectivity index (χ2v) is 5.44. The van der Waals surface area contributed by atoms with Crippen LogP contribution in [0.5, 0.6) is 0 Å². The Balaban J connectivity index is 1.63. The van der Waals surface area contributed by atoms with Crippen molar-refractivity contribution in [2.45, 2.75) is 19.1 Å². The van der Waals surface area contributed by atoms with Crippen molar-refractivity contribution in [2.24, 2.45) is 5.92 Å². The molecule has 114 valence electrons. The Bertz CT molecular complexity index is 709. The van der Waals surface area contributed by atoms with Crippen molar-refractivity contribution in [1.29, 1.82) is 0 Å². The SMILES string of the molecule is Nc1ccn([C@H]2CC=C[C@H]2COCc2ccccc2)c(=O)n1. The normalized spacial score (nSPS) is 20.4. The Morgan fingerprint density at radius 2 is 2.09 bits per heavy atom. The summed E-state index contributed by atoms with van der Waals surface area (Å²) < 4.78 is 7.45. The van der Waals surface area contributed by atoms with Crippen LogP contribution in [0.3, 0.4) is 0 Å². The van der Waals surface area contributed by atoms with Crippen LogP contribution in [-0.2, 0) is 11.3 Å². The van der Waals surface area contributed by atoms with E-state index in [0.29, 0.717) is 13.2 Å². The topological polar surface area (TPSA) is 70.1 Å². The maximum atomic E-state index is 12.0. The van der Waals surface area contributed by atoms with E-state index in [2.05, 4.69) is 17.1 Å². The van der Waals surface area contributed by atoms with Gasteiger partial charge in [-0.15, -0.1) is 0 Å². The summed E-state index contributed by atoms with van der Waals surface area (Å²) in [5.41, 5.74) is 6.38. The molecule has 1 aliphatic rings. The van der Waals surface area contributed by atoms with Crippen molar-refractivity contribution in [1.82, 2.24) is 9.55 Å². The second-order valence-electron chi connectivity index (χ2n) is 5.44. The van der Waals surface area contributed by atoms with Crippen LogP contribution in [0.25, 0.3) is 0 Å². The van der Waals surface area contributed by atoms with E-state index in [1.807, 2.05) is 30.3 Å². The van der Waals surface area contributed by atoms with Crippen molar-refractivity contribution >= 4 is 5.82 Å². The minimum absolute atomic E-state index is 0.0522. The van der Waals surface area contributed by atoms with E-state index < -0.39 is 0 Å². The average molecular weight is 297 g/mol. The maximum Gasteiger partial charge on any atom is 0.349 e. The Labute approximate surface area is 129 Å². The first-order valence-corrected chi connectivity index (χ1v) is 7.37. The van der Waals surface area contributed by atoms with Gasteiger partial charge in [0.1, 0.15) is 5.82 Å². The molecule has 2 atom stereocenters. The van der Waals surface area contributed by atoms with Crippen molar-refractivity contribution in [3.63, 3.8) is 0 Å². The summed E-state index contributed by atoms with van der Waals surface area (Å²) in [5, 5.41) is 0. The Kier molecular flexibility index (Phi) is 4.34. The zero-order valence-electron chi connectivity index (χ0n) is 12.3. The van der Waals surface area contributed by atoms with Gasteiger partial charge in [-0.2, -0.15) is 4.98 Å². The summed E-state index contributed by atoms with van der Waals surface area (Å²) in [5.74, 6) is 0.427. The van der Waals surface area contributed by atoms with Crippen molar-refractivity contribution < 1.29 is 4.74 Å². The number of benzene rings is 1. The van der Waals surface area contributed by atoms with Crippen LogP contribution >= 0.6 is 0 Å². The molecule has 5 nitrogen and oxygen atoms in total. The molecular formula is C17H19N3O2. The molecule has 2 aromatic rings. The predicted molar refractivity (Wildman–Crippen MR) is 85.3 cm³/mol. The van der Waals surface area contributed by atoms with Crippen LogP contribution in [0.15, 0.2) is 59.5 Å². The molecule has 0 saturated carbocycles. The molecule has 0 saturated heterocycles. The lowest BCUT2D eigenvalue weighted by atomic mass is 10.0. The van der Waals surface area contributed by atoms with Gasteiger partial charge < -0.3 is 10.5 Å². The number of hydrogen-bond acceptors (Lipinski definition) is 4. The quantitative estimate of drug-likeness (QED) is 0.859. The average Bonchev–Trinajstić information content (AvgIpc) is 2.97. The van der Waals surface area contributed by atoms with Gasteiger partial charge in [0.2, 0.25) is 0 Å². The molecule has 0 amide bonds. The molecule has 2 N–H and O–H groups in total. The lowest BCUT2D eigenvalue weighted by Gasteiger charge is -2.21. The van der Waals surface area contributed by atoms with Crippen LogP contribution in [0, 0.1) is 5.92 Å². The van der Waals surface area contributed by atoms with Crippen LogP contribution in [0.1, 0.15) is 18.0 Å². The van der Waals surface area contributed by atoms with E-state index in [0.717, 1.165) is 12.0 Å². The first-order chi connectivity index (χ1) is 10.7. The molecule has 1 aromatic heterocycles. The fourth-order valence-electron chi connectivity index (χ4n) is 2.75. The number of nitrogens with zero attached hydrogens (tertiary/aromatic N) is 2. The molecule has 1 aromatic carbocycles. The van der Waals surface area contributed by atoms with E-state index in [4.69, 9.17) is 10.5 Å². The van der Waals surface area contributed by atoms with Crippen LogP contribution < -0.4 is 11.4 Å². The Hall–Kier alpha value is -2.40. The van der Waals surface area contributed by atoms with Gasteiger partial charge in [-0.1, -0.05) is 42.5 Å². The second kappa shape index (κ2) is 6.58. The highest BCUT2D eigenvalue weighted by atomic mass is 16.5. The number of aromatic nitrogens is 2. The largest absolute Gasteiger partial charge is 0.383 e. The molecule has 22 heavy (non-hydrogen) atoms. The molecular weight excluding hydrogens is 278 g/mol. The van der Waals surface area contributed by atoms with Gasteiger partial charge in [-0.25, -0.2) is 4.79 Å². The van der Waals surface area contributed by atoms with Crippen molar-refractivity contribution in [3.05, 3.63) is 70.8 Å². The van der Waals surface area contributed by atoms with Gasteiger partial charge in [-0.3, -0.25) is 4.57 Å². The highest BCUT2D eigenvalue weighted by Crippen LogP contribution is 2.29. The van der Waals surface area contributed by atoms with Gasteiger partial charge in [0.15, 0.2) is 0 Å². The minimum Gasteiger partial charge on any atom is -0.383 e. The highest BCUT2D eigenvalue weighted by Gasteiger charge is 2.25. The number of nitrogen functional groups attached to an aromatic ring is 1. The van der Waals surface area contributed by atoms with E-state index >= 15 is 0 Å². The summed E-state index contributed by atoms with van der Waals surface area (Å²) >= 11 is 0. The molecule has 0 aliphatic heterocycles. The Morgan fingerprint density at radius 1 is 1.27 bits per heavy atom. The summed E-state index contributed by atoms with van der Waals surface area (Å²) in [6, 6.07) is 11.8. The van der Waals surface area contributed by atoms with Crippen LogP contribution in [-0.4, -0.2) is 16.2 Å². The molecule has 0 fully saturated rings. The predicted octanol–water partition coefficient (Wildman–Crippen LogP) is 2.16. The number of hydrogen-bond donors (Lipinski definition) is 1. The highest BCUT2D eigenvalue weighted by molar-refractivity contribution is 5.24. The van der Waals surface area contributed by atoms with E-state index in [1.165, 1.54) is 0 Å². The molecule has 5 heteroatoms. The zero-order valence-corrected chi connectivity index (χ0v) is 12.3. The Morgan fingerprint density at radius 3 is 2.86 bits per heavy atom. The number of allylic oxidation sites excluding steroid dienone is 1. The smallest absolute Gasteiger partial charge is 0.349 e. The molecule has 3 rings (SSSR count). The molecule has 0 unspecified atom stereocenters. The summed E-state index contributed by atoms with van der Waals surface area (Å²) in [7, 11) is 0. The third-order valence-electron chi connectivity index (χ3n) is 3.89.